The largest absolute Gasteiger partial charge is 0.409 e. The van der Waals surface area contributed by atoms with E-state index in [0.717, 1.165) is 44.6 Å². The van der Waals surface area contributed by atoms with Crippen molar-refractivity contribution in [1.82, 2.24) is 15.1 Å². The Bertz CT molecular complexity index is 732. The highest BCUT2D eigenvalue weighted by Gasteiger charge is 2.17. The number of amides is 1. The van der Waals surface area contributed by atoms with E-state index in [1.165, 1.54) is 0 Å². The molecule has 7 heteroatoms. The van der Waals surface area contributed by atoms with Crippen LogP contribution in [0.15, 0.2) is 28.7 Å². The average Bonchev–Trinajstić information content (AvgIpc) is 3.06. The third-order valence-corrected chi connectivity index (χ3v) is 4.55. The minimum absolute atomic E-state index is 0.0246. The molecular formula is C17H21N3O3S. The number of carbonyl (C=O) groups is 1. The quantitative estimate of drug-likeness (QED) is 0.841. The number of nitrogens with one attached hydrogen (secondary N) is 1. The van der Waals surface area contributed by atoms with Gasteiger partial charge in [-0.15, -0.1) is 5.10 Å². The lowest BCUT2D eigenvalue weighted by Crippen LogP contribution is -2.30. The van der Waals surface area contributed by atoms with Gasteiger partial charge in [0.2, 0.25) is 5.89 Å². The van der Waals surface area contributed by atoms with E-state index in [-0.39, 0.29) is 10.7 Å². The number of H-pyrrole nitrogens is 1. The summed E-state index contributed by atoms with van der Waals surface area (Å²) in [6, 6.07) is 7.20. The molecule has 1 aliphatic heterocycles. The van der Waals surface area contributed by atoms with E-state index in [1.54, 1.807) is 17.0 Å². The second-order valence-electron chi connectivity index (χ2n) is 6.07. The molecule has 0 radical (unpaired) electrons. The molecule has 2 aromatic rings. The second-order valence-corrected chi connectivity index (χ2v) is 6.44. The highest BCUT2D eigenvalue weighted by atomic mass is 32.1. The van der Waals surface area contributed by atoms with E-state index in [4.69, 9.17) is 21.4 Å². The fourth-order valence-corrected chi connectivity index (χ4v) is 2.97. The summed E-state index contributed by atoms with van der Waals surface area (Å²) < 4.78 is 10.6. The van der Waals surface area contributed by atoms with Crippen LogP contribution in [0.3, 0.4) is 0 Å². The molecule has 1 aliphatic rings. The SMILES string of the molecule is CN(CCC1CCOCC1)C(=O)c1ccc(-c2n[nH]c(=S)o2)cc1. The van der Waals surface area contributed by atoms with Crippen molar-refractivity contribution in [2.75, 3.05) is 26.8 Å². The minimum Gasteiger partial charge on any atom is -0.409 e. The van der Waals surface area contributed by atoms with Crippen LogP contribution in [0.4, 0.5) is 0 Å². The molecule has 1 fully saturated rings. The van der Waals surface area contributed by atoms with Gasteiger partial charge in [0.15, 0.2) is 0 Å². The van der Waals surface area contributed by atoms with Gasteiger partial charge in [-0.3, -0.25) is 4.79 Å². The van der Waals surface area contributed by atoms with E-state index >= 15 is 0 Å². The molecule has 2 heterocycles. The molecule has 1 amide bonds. The molecule has 3 rings (SSSR count). The number of rotatable bonds is 5. The molecule has 1 saturated heterocycles. The molecule has 1 N–H and O–H groups in total. The third-order valence-electron chi connectivity index (χ3n) is 4.38. The van der Waals surface area contributed by atoms with Gasteiger partial charge in [0.25, 0.3) is 10.7 Å². The first-order valence-electron chi connectivity index (χ1n) is 8.12. The molecule has 0 bridgehead atoms. The van der Waals surface area contributed by atoms with Gasteiger partial charge in [0.1, 0.15) is 0 Å². The molecule has 0 spiro atoms. The molecule has 6 nitrogen and oxygen atoms in total. The Hall–Kier alpha value is -1.99. The van der Waals surface area contributed by atoms with Crippen LogP contribution < -0.4 is 0 Å². The van der Waals surface area contributed by atoms with Crippen LogP contribution in [0, 0.1) is 10.8 Å². The van der Waals surface area contributed by atoms with Crippen molar-refractivity contribution in [1.29, 1.82) is 0 Å². The predicted molar refractivity (Wildman–Crippen MR) is 92.2 cm³/mol. The fourth-order valence-electron chi connectivity index (χ4n) is 2.84. The maximum Gasteiger partial charge on any atom is 0.284 e. The molecule has 0 atom stereocenters. The number of nitrogens with zero attached hydrogens (tertiary/aromatic N) is 2. The van der Waals surface area contributed by atoms with Gasteiger partial charge in [-0.2, -0.15) is 0 Å². The average molecular weight is 347 g/mol. The number of aromatic amines is 1. The molecule has 0 aliphatic carbocycles. The summed E-state index contributed by atoms with van der Waals surface area (Å²) in [6.45, 7) is 2.45. The zero-order valence-corrected chi connectivity index (χ0v) is 14.5. The van der Waals surface area contributed by atoms with E-state index in [9.17, 15) is 4.79 Å². The maximum atomic E-state index is 12.5. The van der Waals surface area contributed by atoms with Crippen LogP contribution in [0.25, 0.3) is 11.5 Å². The minimum atomic E-state index is 0.0246. The smallest absolute Gasteiger partial charge is 0.284 e. The van der Waals surface area contributed by atoms with E-state index in [0.29, 0.717) is 17.4 Å². The van der Waals surface area contributed by atoms with Crippen molar-refractivity contribution in [3.05, 3.63) is 34.7 Å². The first-order chi connectivity index (χ1) is 11.6. The number of aromatic nitrogens is 2. The summed E-state index contributed by atoms with van der Waals surface area (Å²) in [5.74, 6) is 1.11. The van der Waals surface area contributed by atoms with Crippen LogP contribution in [0.5, 0.6) is 0 Å². The van der Waals surface area contributed by atoms with Gasteiger partial charge < -0.3 is 14.1 Å². The maximum absolute atomic E-state index is 12.5. The van der Waals surface area contributed by atoms with Gasteiger partial charge in [0, 0.05) is 37.9 Å². The standard InChI is InChI=1S/C17H21N3O3S/c1-20(9-6-12-7-10-22-11-8-12)16(21)14-4-2-13(3-5-14)15-18-19-17(24)23-15/h2-5,12H,6-11H2,1H3,(H,19,24). The third kappa shape index (κ3) is 4.10. The Morgan fingerprint density at radius 1 is 1.33 bits per heavy atom. The number of carbonyl (C=O) groups excluding carboxylic acids is 1. The first kappa shape index (κ1) is 16.9. The molecule has 24 heavy (non-hydrogen) atoms. The van der Waals surface area contributed by atoms with Crippen molar-refractivity contribution in [2.45, 2.75) is 19.3 Å². The lowest BCUT2D eigenvalue weighted by Gasteiger charge is -2.25. The van der Waals surface area contributed by atoms with Crippen molar-refractivity contribution in [3.63, 3.8) is 0 Å². The topological polar surface area (TPSA) is 71.4 Å². The molecule has 0 unspecified atom stereocenters. The number of ether oxygens (including phenoxy) is 1. The van der Waals surface area contributed by atoms with E-state index in [1.807, 2.05) is 19.2 Å². The van der Waals surface area contributed by atoms with Crippen LogP contribution in [-0.2, 0) is 4.74 Å². The lowest BCUT2D eigenvalue weighted by atomic mass is 9.96. The Kier molecular flexibility index (Phi) is 5.42. The lowest BCUT2D eigenvalue weighted by molar-refractivity contribution is 0.0583. The molecule has 1 aromatic heterocycles. The number of hydrogen-bond acceptors (Lipinski definition) is 5. The first-order valence-corrected chi connectivity index (χ1v) is 8.53. The van der Waals surface area contributed by atoms with Gasteiger partial charge in [-0.1, -0.05) is 0 Å². The van der Waals surface area contributed by atoms with Gasteiger partial charge >= 0.3 is 0 Å². The normalized spacial score (nSPS) is 15.4. The van der Waals surface area contributed by atoms with Crippen LogP contribution in [-0.4, -0.2) is 47.8 Å². The predicted octanol–water partition coefficient (Wildman–Crippen LogP) is 3.29. The Morgan fingerprint density at radius 3 is 2.67 bits per heavy atom. The molecule has 0 saturated carbocycles. The van der Waals surface area contributed by atoms with Crippen LogP contribution in [0.1, 0.15) is 29.6 Å². The summed E-state index contributed by atoms with van der Waals surface area (Å²) in [7, 11) is 1.85. The zero-order chi connectivity index (χ0) is 16.9. The Labute approximate surface area is 145 Å². The number of hydrogen-bond donors (Lipinski definition) is 1. The highest BCUT2D eigenvalue weighted by Crippen LogP contribution is 2.20. The van der Waals surface area contributed by atoms with Gasteiger partial charge in [-0.05, 0) is 61.7 Å². The Morgan fingerprint density at radius 2 is 2.04 bits per heavy atom. The fraction of sp³-hybridized carbons (Fsp3) is 0.471. The van der Waals surface area contributed by atoms with Crippen molar-refractivity contribution >= 4 is 18.1 Å². The van der Waals surface area contributed by atoms with Crippen LogP contribution >= 0.6 is 12.2 Å². The van der Waals surface area contributed by atoms with E-state index in [2.05, 4.69) is 10.2 Å². The summed E-state index contributed by atoms with van der Waals surface area (Å²) >= 11 is 4.86. The van der Waals surface area contributed by atoms with Crippen molar-refractivity contribution in [2.24, 2.45) is 5.92 Å². The summed E-state index contributed by atoms with van der Waals surface area (Å²) in [4.78, 5) is 14.5. The van der Waals surface area contributed by atoms with Crippen LogP contribution in [0.2, 0.25) is 0 Å². The highest BCUT2D eigenvalue weighted by molar-refractivity contribution is 7.71. The molecule has 128 valence electrons. The monoisotopic (exact) mass is 347 g/mol. The zero-order valence-electron chi connectivity index (χ0n) is 13.7. The van der Waals surface area contributed by atoms with Gasteiger partial charge in [-0.25, -0.2) is 5.10 Å². The molecule has 1 aromatic carbocycles. The number of benzene rings is 1. The second kappa shape index (κ2) is 7.72. The van der Waals surface area contributed by atoms with Gasteiger partial charge in [0.05, 0.1) is 0 Å². The Balaban J connectivity index is 1.58. The van der Waals surface area contributed by atoms with E-state index < -0.39 is 0 Å². The van der Waals surface area contributed by atoms with Crippen molar-refractivity contribution < 1.29 is 13.9 Å². The molecular weight excluding hydrogens is 326 g/mol. The summed E-state index contributed by atoms with van der Waals surface area (Å²) in [6.07, 6.45) is 3.21. The summed E-state index contributed by atoms with van der Waals surface area (Å²) in [5.41, 5.74) is 1.44. The van der Waals surface area contributed by atoms with Crippen molar-refractivity contribution in [3.8, 4) is 11.5 Å². The summed E-state index contributed by atoms with van der Waals surface area (Å²) in [5, 5.41) is 6.56.